The molecule has 1 N–H and O–H groups in total. The fraction of sp³-hybridized carbons (Fsp3) is 0.389. The number of nitrogens with one attached hydrogen (secondary N) is 1. The van der Waals surface area contributed by atoms with Crippen LogP contribution >= 0.6 is 11.3 Å². The van der Waals surface area contributed by atoms with Gasteiger partial charge in [-0.05, 0) is 12.8 Å². The molecule has 1 aromatic carbocycles. The largest absolute Gasteiger partial charge is 0.325 e. The summed E-state index contributed by atoms with van der Waals surface area (Å²) >= 11 is 1.53. The highest BCUT2D eigenvalue weighted by Crippen LogP contribution is 2.34. The number of urea groups is 1. The van der Waals surface area contributed by atoms with Crippen LogP contribution in [0.25, 0.3) is 10.6 Å². The van der Waals surface area contributed by atoms with Crippen molar-refractivity contribution in [3.05, 3.63) is 41.4 Å². The lowest BCUT2D eigenvalue weighted by Gasteiger charge is -2.30. The predicted octanol–water partition coefficient (Wildman–Crippen LogP) is 3.56. The van der Waals surface area contributed by atoms with Crippen LogP contribution in [0.5, 0.6) is 0 Å². The number of carbonyl (C=O) groups excluding carboxylic acids is 2. The van der Waals surface area contributed by atoms with Gasteiger partial charge in [0.1, 0.15) is 10.5 Å². The average molecular weight is 341 g/mol. The maximum Gasteiger partial charge on any atom is 0.325 e. The molecule has 124 valence electrons. The molecule has 0 bridgehead atoms. The van der Waals surface area contributed by atoms with Crippen LogP contribution in [0.4, 0.5) is 4.79 Å². The Labute approximate surface area is 144 Å². The number of rotatable bonds is 3. The minimum Gasteiger partial charge on any atom is -0.323 e. The van der Waals surface area contributed by atoms with Crippen LogP contribution < -0.4 is 5.32 Å². The molecule has 1 aromatic heterocycles. The third-order valence-electron chi connectivity index (χ3n) is 4.85. The Hall–Kier alpha value is -2.21. The molecule has 2 heterocycles. The summed E-state index contributed by atoms with van der Waals surface area (Å²) in [6, 6.07) is 9.65. The summed E-state index contributed by atoms with van der Waals surface area (Å²) in [5.74, 6) is -0.0820. The Morgan fingerprint density at radius 1 is 1.12 bits per heavy atom. The van der Waals surface area contributed by atoms with Gasteiger partial charge in [0.05, 0.1) is 12.2 Å². The Morgan fingerprint density at radius 2 is 1.88 bits per heavy atom. The first-order valence-corrected chi connectivity index (χ1v) is 9.20. The number of carbonyl (C=O) groups is 2. The number of hydrogen-bond donors (Lipinski definition) is 1. The van der Waals surface area contributed by atoms with Crippen molar-refractivity contribution in [3.8, 4) is 10.6 Å². The fourth-order valence-corrected chi connectivity index (χ4v) is 4.39. The van der Waals surface area contributed by atoms with E-state index < -0.39 is 5.54 Å². The molecule has 3 amide bonds. The molecular weight excluding hydrogens is 322 g/mol. The number of thiazole rings is 1. The number of hydrogen-bond acceptors (Lipinski definition) is 4. The number of amides is 3. The maximum absolute atomic E-state index is 12.8. The van der Waals surface area contributed by atoms with Gasteiger partial charge in [0, 0.05) is 10.9 Å². The highest BCUT2D eigenvalue weighted by Gasteiger charge is 2.51. The van der Waals surface area contributed by atoms with Crippen molar-refractivity contribution in [3.63, 3.8) is 0 Å². The van der Waals surface area contributed by atoms with Gasteiger partial charge in [-0.1, -0.05) is 49.6 Å². The third-order valence-corrected chi connectivity index (χ3v) is 5.79. The third kappa shape index (κ3) is 2.60. The second-order valence-electron chi connectivity index (χ2n) is 6.47. The molecule has 6 heteroatoms. The van der Waals surface area contributed by atoms with Crippen molar-refractivity contribution >= 4 is 23.3 Å². The van der Waals surface area contributed by atoms with Crippen molar-refractivity contribution in [1.82, 2.24) is 15.2 Å². The Kier molecular flexibility index (Phi) is 3.84. The molecule has 2 aliphatic rings. The van der Waals surface area contributed by atoms with Gasteiger partial charge in [-0.15, -0.1) is 11.3 Å². The molecule has 5 nitrogen and oxygen atoms in total. The fourth-order valence-electron chi connectivity index (χ4n) is 3.57. The minimum absolute atomic E-state index is 0.0820. The highest BCUT2D eigenvalue weighted by molar-refractivity contribution is 7.13. The first-order chi connectivity index (χ1) is 11.7. The van der Waals surface area contributed by atoms with Crippen LogP contribution in [-0.2, 0) is 11.3 Å². The number of benzene rings is 1. The molecule has 0 atom stereocenters. The van der Waals surface area contributed by atoms with Gasteiger partial charge in [0.2, 0.25) is 0 Å². The van der Waals surface area contributed by atoms with E-state index in [0.29, 0.717) is 0 Å². The summed E-state index contributed by atoms with van der Waals surface area (Å²) in [4.78, 5) is 31.0. The van der Waals surface area contributed by atoms with E-state index in [2.05, 4.69) is 10.3 Å². The van der Waals surface area contributed by atoms with Crippen molar-refractivity contribution in [2.45, 2.75) is 44.2 Å². The van der Waals surface area contributed by atoms with E-state index >= 15 is 0 Å². The van der Waals surface area contributed by atoms with Crippen molar-refractivity contribution in [2.75, 3.05) is 0 Å². The summed E-state index contributed by atoms with van der Waals surface area (Å²) < 4.78 is 0. The van der Waals surface area contributed by atoms with Gasteiger partial charge in [0.25, 0.3) is 5.91 Å². The van der Waals surface area contributed by atoms with E-state index in [1.807, 2.05) is 35.7 Å². The summed E-state index contributed by atoms with van der Waals surface area (Å²) in [6.45, 7) is 0.246. The number of imide groups is 1. The van der Waals surface area contributed by atoms with E-state index in [0.717, 1.165) is 48.4 Å². The molecule has 0 radical (unpaired) electrons. The van der Waals surface area contributed by atoms with E-state index in [-0.39, 0.29) is 18.5 Å². The Morgan fingerprint density at radius 3 is 2.62 bits per heavy atom. The van der Waals surface area contributed by atoms with Crippen LogP contribution in [0.15, 0.2) is 35.7 Å². The molecule has 1 spiro atoms. The van der Waals surface area contributed by atoms with Gasteiger partial charge in [-0.2, -0.15) is 0 Å². The van der Waals surface area contributed by atoms with E-state index in [4.69, 9.17) is 0 Å². The molecule has 2 aromatic rings. The molecule has 2 fully saturated rings. The van der Waals surface area contributed by atoms with Crippen LogP contribution in [0.3, 0.4) is 0 Å². The molecule has 1 aliphatic carbocycles. The van der Waals surface area contributed by atoms with Crippen molar-refractivity contribution in [2.24, 2.45) is 0 Å². The van der Waals surface area contributed by atoms with Gasteiger partial charge in [0.15, 0.2) is 0 Å². The molecule has 1 saturated heterocycles. The van der Waals surface area contributed by atoms with Crippen LogP contribution in [0.1, 0.15) is 37.8 Å². The monoisotopic (exact) mass is 341 g/mol. The quantitative estimate of drug-likeness (QED) is 0.868. The van der Waals surface area contributed by atoms with Crippen molar-refractivity contribution < 1.29 is 9.59 Å². The van der Waals surface area contributed by atoms with E-state index in [1.54, 1.807) is 0 Å². The number of nitrogens with zero attached hydrogens (tertiary/aromatic N) is 2. The lowest BCUT2D eigenvalue weighted by molar-refractivity contribution is -0.132. The summed E-state index contributed by atoms with van der Waals surface area (Å²) in [5.41, 5.74) is 1.15. The second-order valence-corrected chi connectivity index (χ2v) is 7.33. The zero-order valence-corrected chi connectivity index (χ0v) is 14.1. The average Bonchev–Trinajstić information content (AvgIpc) is 3.16. The zero-order chi connectivity index (χ0) is 16.6. The van der Waals surface area contributed by atoms with Gasteiger partial charge in [-0.25, -0.2) is 9.78 Å². The van der Waals surface area contributed by atoms with Crippen molar-refractivity contribution in [1.29, 1.82) is 0 Å². The van der Waals surface area contributed by atoms with E-state index in [1.165, 1.54) is 16.2 Å². The molecule has 1 saturated carbocycles. The number of aromatic nitrogens is 1. The molecular formula is C18H19N3O2S. The lowest BCUT2D eigenvalue weighted by Crippen LogP contribution is -2.48. The van der Waals surface area contributed by atoms with Crippen LogP contribution in [0.2, 0.25) is 0 Å². The molecule has 24 heavy (non-hydrogen) atoms. The summed E-state index contributed by atoms with van der Waals surface area (Å²) in [6.07, 6.45) is 4.63. The zero-order valence-electron chi connectivity index (χ0n) is 13.3. The minimum atomic E-state index is -0.659. The van der Waals surface area contributed by atoms with Gasteiger partial charge in [-0.3, -0.25) is 9.69 Å². The van der Waals surface area contributed by atoms with Gasteiger partial charge >= 0.3 is 6.03 Å². The molecule has 4 rings (SSSR count). The summed E-state index contributed by atoms with van der Waals surface area (Å²) in [7, 11) is 0. The van der Waals surface area contributed by atoms with Crippen LogP contribution in [-0.4, -0.2) is 27.4 Å². The predicted molar refractivity (Wildman–Crippen MR) is 92.4 cm³/mol. The maximum atomic E-state index is 12.8. The topological polar surface area (TPSA) is 62.3 Å². The second kappa shape index (κ2) is 6.02. The Bertz CT molecular complexity index is 766. The smallest absolute Gasteiger partial charge is 0.323 e. The standard InChI is InChI=1S/C18H19N3O2S/c22-16-18(9-5-2-6-10-18)20-17(23)21(16)11-14-12-24-15(19-14)13-7-3-1-4-8-13/h1,3-4,7-8,12H,2,5-6,9-11H2,(H,20,23). The Balaban J connectivity index is 1.52. The molecule has 0 unspecified atom stereocenters. The first kappa shape index (κ1) is 15.3. The van der Waals surface area contributed by atoms with Gasteiger partial charge < -0.3 is 5.32 Å². The highest BCUT2D eigenvalue weighted by atomic mass is 32.1. The normalized spacial score (nSPS) is 19.8. The SMILES string of the molecule is O=C1NC2(CCCCC2)C(=O)N1Cc1csc(-c2ccccc2)n1. The molecule has 1 aliphatic heterocycles. The van der Waals surface area contributed by atoms with E-state index in [9.17, 15) is 9.59 Å². The lowest BCUT2D eigenvalue weighted by atomic mass is 9.82. The summed E-state index contributed by atoms with van der Waals surface area (Å²) in [5, 5.41) is 5.77. The van der Waals surface area contributed by atoms with Crippen LogP contribution in [0, 0.1) is 0 Å². The first-order valence-electron chi connectivity index (χ1n) is 8.32.